The van der Waals surface area contributed by atoms with E-state index in [0.717, 1.165) is 12.1 Å². The molecule has 2 N–H and O–H groups in total. The summed E-state index contributed by atoms with van der Waals surface area (Å²) in [5.41, 5.74) is 6.03. The first-order valence-electron chi connectivity index (χ1n) is 5.89. The molecule has 0 spiro atoms. The van der Waals surface area contributed by atoms with E-state index in [9.17, 15) is 13.2 Å². The second-order valence-corrected chi connectivity index (χ2v) is 4.29. The number of aromatic nitrogens is 2. The van der Waals surface area contributed by atoms with Gasteiger partial charge >= 0.3 is 0 Å². The maximum absolute atomic E-state index is 13.3. The minimum Gasteiger partial charge on any atom is -0.398 e. The van der Waals surface area contributed by atoms with E-state index >= 15 is 0 Å². The lowest BCUT2D eigenvalue weighted by Gasteiger charge is -2.01. The average Bonchev–Trinajstić information content (AvgIpc) is 2.92. The van der Waals surface area contributed by atoms with Crippen molar-refractivity contribution in [3.63, 3.8) is 0 Å². The molecule has 1 aromatic heterocycles. The molecular formula is C14H8F3N3O. The van der Waals surface area contributed by atoms with Crippen LogP contribution in [-0.2, 0) is 0 Å². The number of rotatable bonds is 2. The van der Waals surface area contributed by atoms with Crippen LogP contribution in [0.15, 0.2) is 40.9 Å². The Kier molecular flexibility index (Phi) is 3.09. The number of anilines is 1. The fourth-order valence-corrected chi connectivity index (χ4v) is 1.83. The van der Waals surface area contributed by atoms with Crippen LogP contribution in [0.25, 0.3) is 22.8 Å². The lowest BCUT2D eigenvalue weighted by Crippen LogP contribution is -1.95. The lowest BCUT2D eigenvalue weighted by atomic mass is 10.1. The van der Waals surface area contributed by atoms with Crippen LogP contribution in [0.3, 0.4) is 0 Å². The molecule has 0 radical (unpaired) electrons. The monoisotopic (exact) mass is 291 g/mol. The standard InChI is InChI=1S/C14H8F3N3O/c15-8-3-1-2-7(4-8)13-19-14(21-20-13)9-5-10(16)11(17)6-12(9)18/h1-6H,18H2. The maximum Gasteiger partial charge on any atom is 0.260 e. The Balaban J connectivity index is 2.05. The van der Waals surface area contributed by atoms with Gasteiger partial charge in [0.2, 0.25) is 5.82 Å². The molecule has 0 atom stereocenters. The van der Waals surface area contributed by atoms with E-state index in [1.165, 1.54) is 18.2 Å². The summed E-state index contributed by atoms with van der Waals surface area (Å²) in [6.07, 6.45) is 0. The normalized spacial score (nSPS) is 10.8. The van der Waals surface area contributed by atoms with Gasteiger partial charge in [0.15, 0.2) is 11.6 Å². The Hall–Kier alpha value is -2.83. The van der Waals surface area contributed by atoms with Crippen molar-refractivity contribution in [2.24, 2.45) is 0 Å². The molecule has 3 aromatic rings. The van der Waals surface area contributed by atoms with Gasteiger partial charge in [0.05, 0.1) is 5.56 Å². The quantitative estimate of drug-likeness (QED) is 0.735. The molecule has 0 aliphatic rings. The fourth-order valence-electron chi connectivity index (χ4n) is 1.83. The second-order valence-electron chi connectivity index (χ2n) is 4.29. The van der Waals surface area contributed by atoms with Crippen LogP contribution in [0.1, 0.15) is 0 Å². The van der Waals surface area contributed by atoms with Crippen molar-refractivity contribution in [1.29, 1.82) is 0 Å². The van der Waals surface area contributed by atoms with Crippen LogP contribution < -0.4 is 5.73 Å². The predicted molar refractivity (Wildman–Crippen MR) is 69.5 cm³/mol. The third-order valence-electron chi connectivity index (χ3n) is 2.83. The molecule has 4 nitrogen and oxygen atoms in total. The van der Waals surface area contributed by atoms with Crippen molar-refractivity contribution in [1.82, 2.24) is 10.1 Å². The van der Waals surface area contributed by atoms with E-state index in [-0.39, 0.29) is 23.0 Å². The van der Waals surface area contributed by atoms with Gasteiger partial charge < -0.3 is 10.3 Å². The molecule has 3 rings (SSSR count). The first kappa shape index (κ1) is 13.2. The molecule has 0 aliphatic carbocycles. The molecule has 2 aromatic carbocycles. The Morgan fingerprint density at radius 2 is 1.76 bits per heavy atom. The molecule has 0 saturated carbocycles. The summed E-state index contributed by atoms with van der Waals surface area (Å²) in [4.78, 5) is 4.01. The highest BCUT2D eigenvalue weighted by Gasteiger charge is 2.16. The molecule has 0 aliphatic heterocycles. The Morgan fingerprint density at radius 3 is 2.52 bits per heavy atom. The summed E-state index contributed by atoms with van der Waals surface area (Å²) in [5.74, 6) is -2.56. The first-order valence-corrected chi connectivity index (χ1v) is 5.89. The molecule has 0 fully saturated rings. The molecular weight excluding hydrogens is 283 g/mol. The SMILES string of the molecule is Nc1cc(F)c(F)cc1-c1nc(-c2cccc(F)c2)no1. The fraction of sp³-hybridized carbons (Fsp3) is 0. The van der Waals surface area contributed by atoms with E-state index in [1.54, 1.807) is 6.07 Å². The van der Waals surface area contributed by atoms with Crippen LogP contribution in [0, 0.1) is 17.5 Å². The summed E-state index contributed by atoms with van der Waals surface area (Å²) in [6.45, 7) is 0. The molecule has 0 unspecified atom stereocenters. The van der Waals surface area contributed by atoms with Crippen molar-refractivity contribution in [3.05, 3.63) is 53.8 Å². The van der Waals surface area contributed by atoms with Gasteiger partial charge in [-0.25, -0.2) is 13.2 Å². The van der Waals surface area contributed by atoms with Crippen LogP contribution in [0.4, 0.5) is 18.9 Å². The van der Waals surface area contributed by atoms with Gasteiger partial charge in [-0.3, -0.25) is 0 Å². The van der Waals surface area contributed by atoms with Gasteiger partial charge in [-0.1, -0.05) is 17.3 Å². The number of hydrogen-bond acceptors (Lipinski definition) is 4. The van der Waals surface area contributed by atoms with Crippen molar-refractivity contribution >= 4 is 5.69 Å². The van der Waals surface area contributed by atoms with Crippen LogP contribution >= 0.6 is 0 Å². The third-order valence-corrected chi connectivity index (χ3v) is 2.83. The number of nitrogens with zero attached hydrogens (tertiary/aromatic N) is 2. The molecule has 21 heavy (non-hydrogen) atoms. The summed E-state index contributed by atoms with van der Waals surface area (Å²) in [6, 6.07) is 7.28. The molecule has 0 bridgehead atoms. The Bertz CT molecular complexity index is 817. The number of hydrogen-bond donors (Lipinski definition) is 1. The van der Waals surface area contributed by atoms with Crippen molar-refractivity contribution in [3.8, 4) is 22.8 Å². The van der Waals surface area contributed by atoms with E-state index in [4.69, 9.17) is 10.3 Å². The third kappa shape index (κ3) is 2.45. The minimum absolute atomic E-state index is 0.0386. The lowest BCUT2D eigenvalue weighted by molar-refractivity contribution is 0.431. The molecule has 1 heterocycles. The van der Waals surface area contributed by atoms with E-state index < -0.39 is 17.5 Å². The molecule has 0 saturated heterocycles. The highest BCUT2D eigenvalue weighted by molar-refractivity contribution is 5.71. The topological polar surface area (TPSA) is 64.9 Å². The zero-order valence-corrected chi connectivity index (χ0v) is 10.5. The predicted octanol–water partition coefficient (Wildman–Crippen LogP) is 3.40. The van der Waals surface area contributed by atoms with E-state index in [1.807, 2.05) is 0 Å². The van der Waals surface area contributed by atoms with Crippen molar-refractivity contribution in [2.45, 2.75) is 0 Å². The molecule has 7 heteroatoms. The maximum atomic E-state index is 13.3. The van der Waals surface area contributed by atoms with Gasteiger partial charge in [-0.2, -0.15) is 4.98 Å². The van der Waals surface area contributed by atoms with Gasteiger partial charge in [-0.15, -0.1) is 0 Å². The number of nitrogens with two attached hydrogens (primary N) is 1. The van der Waals surface area contributed by atoms with Crippen LogP contribution in [0.2, 0.25) is 0 Å². The number of halogens is 3. The van der Waals surface area contributed by atoms with Crippen LogP contribution in [-0.4, -0.2) is 10.1 Å². The van der Waals surface area contributed by atoms with Crippen molar-refractivity contribution < 1.29 is 17.7 Å². The van der Waals surface area contributed by atoms with Crippen molar-refractivity contribution in [2.75, 3.05) is 5.73 Å². The summed E-state index contributed by atoms with van der Waals surface area (Å²) < 4.78 is 44.4. The Morgan fingerprint density at radius 1 is 1.00 bits per heavy atom. The summed E-state index contributed by atoms with van der Waals surface area (Å²) >= 11 is 0. The van der Waals surface area contributed by atoms with Crippen LogP contribution in [0.5, 0.6) is 0 Å². The highest BCUT2D eigenvalue weighted by Crippen LogP contribution is 2.28. The second kappa shape index (κ2) is 4.93. The largest absolute Gasteiger partial charge is 0.398 e. The Labute approximate surface area is 117 Å². The zero-order valence-electron chi connectivity index (χ0n) is 10.5. The summed E-state index contributed by atoms with van der Waals surface area (Å²) in [5, 5.41) is 3.67. The number of benzene rings is 2. The van der Waals surface area contributed by atoms with Gasteiger partial charge in [0.1, 0.15) is 5.82 Å². The number of nitrogen functional groups attached to an aromatic ring is 1. The first-order chi connectivity index (χ1) is 10.0. The van der Waals surface area contributed by atoms with Gasteiger partial charge in [0, 0.05) is 17.3 Å². The van der Waals surface area contributed by atoms with E-state index in [2.05, 4.69) is 10.1 Å². The zero-order chi connectivity index (χ0) is 15.0. The minimum atomic E-state index is -1.08. The van der Waals surface area contributed by atoms with Gasteiger partial charge in [0.25, 0.3) is 5.89 Å². The summed E-state index contributed by atoms with van der Waals surface area (Å²) in [7, 11) is 0. The average molecular weight is 291 g/mol. The molecule has 106 valence electrons. The highest BCUT2D eigenvalue weighted by atomic mass is 19.2. The molecule has 0 amide bonds. The smallest absolute Gasteiger partial charge is 0.260 e. The van der Waals surface area contributed by atoms with Gasteiger partial charge in [-0.05, 0) is 18.2 Å². The van der Waals surface area contributed by atoms with E-state index in [0.29, 0.717) is 5.56 Å².